The van der Waals surface area contributed by atoms with Crippen molar-refractivity contribution in [2.24, 2.45) is 11.8 Å². The molecule has 0 radical (unpaired) electrons. The molecule has 0 saturated heterocycles. The van der Waals surface area contributed by atoms with Gasteiger partial charge in [0.1, 0.15) is 6.54 Å². The molecule has 102 valence electrons. The van der Waals surface area contributed by atoms with Crippen LogP contribution in [0.4, 0.5) is 10.5 Å². The topological polar surface area (TPSA) is 69.6 Å². The van der Waals surface area contributed by atoms with E-state index in [1.165, 1.54) is 4.90 Å². The lowest BCUT2D eigenvalue weighted by Gasteiger charge is -2.21. The van der Waals surface area contributed by atoms with Crippen molar-refractivity contribution in [3.8, 4) is 0 Å². The minimum atomic E-state index is -1.03. The normalized spacial score (nSPS) is 20.7. The lowest BCUT2D eigenvalue weighted by Crippen LogP contribution is -2.43. The molecule has 2 rings (SSSR count). The molecule has 19 heavy (non-hydrogen) atoms. The van der Waals surface area contributed by atoms with Crippen LogP contribution < -0.4 is 10.2 Å². The van der Waals surface area contributed by atoms with E-state index in [4.69, 9.17) is 5.11 Å². The van der Waals surface area contributed by atoms with E-state index in [0.29, 0.717) is 24.1 Å². The van der Waals surface area contributed by atoms with Gasteiger partial charge < -0.3 is 10.4 Å². The Morgan fingerprint density at radius 2 is 2.00 bits per heavy atom. The third-order valence-electron chi connectivity index (χ3n) is 3.40. The molecule has 5 heteroatoms. The highest BCUT2D eigenvalue weighted by molar-refractivity contribution is 5.96. The molecule has 1 saturated carbocycles. The van der Waals surface area contributed by atoms with Crippen molar-refractivity contribution in [1.82, 2.24) is 5.32 Å². The second-order valence-corrected chi connectivity index (χ2v) is 4.97. The molecule has 2 amide bonds. The maximum absolute atomic E-state index is 12.1. The zero-order valence-corrected chi connectivity index (χ0v) is 10.9. The van der Waals surface area contributed by atoms with Crippen molar-refractivity contribution < 1.29 is 14.7 Å². The van der Waals surface area contributed by atoms with Gasteiger partial charge in [-0.2, -0.15) is 0 Å². The number of carboxylic acid groups (broad SMARTS) is 1. The molecule has 0 bridgehead atoms. The summed E-state index contributed by atoms with van der Waals surface area (Å²) >= 11 is 0. The lowest BCUT2D eigenvalue weighted by atomic mass is 10.3. The Hall–Kier alpha value is -2.04. The molecule has 2 unspecified atom stereocenters. The number of nitrogens with zero attached hydrogens (tertiary/aromatic N) is 1. The first kappa shape index (κ1) is 13.4. The zero-order chi connectivity index (χ0) is 13.8. The van der Waals surface area contributed by atoms with Crippen molar-refractivity contribution in [2.45, 2.75) is 13.3 Å². The van der Waals surface area contributed by atoms with Gasteiger partial charge >= 0.3 is 12.0 Å². The Labute approximate surface area is 112 Å². The fourth-order valence-corrected chi connectivity index (χ4v) is 2.02. The van der Waals surface area contributed by atoms with Gasteiger partial charge in [-0.15, -0.1) is 0 Å². The number of para-hydroxylation sites is 1. The fraction of sp³-hybridized carbons (Fsp3) is 0.429. The average Bonchev–Trinajstić information content (AvgIpc) is 3.10. The molecule has 2 atom stereocenters. The summed E-state index contributed by atoms with van der Waals surface area (Å²) in [5, 5.41) is 11.7. The van der Waals surface area contributed by atoms with Crippen molar-refractivity contribution in [2.75, 3.05) is 18.0 Å². The number of anilines is 1. The first-order valence-corrected chi connectivity index (χ1v) is 6.40. The first-order valence-electron chi connectivity index (χ1n) is 6.40. The number of carbonyl (C=O) groups is 2. The third-order valence-corrected chi connectivity index (χ3v) is 3.40. The van der Waals surface area contributed by atoms with Gasteiger partial charge in [-0.1, -0.05) is 25.1 Å². The number of rotatable bonds is 5. The highest BCUT2D eigenvalue weighted by atomic mass is 16.4. The van der Waals surface area contributed by atoms with Gasteiger partial charge in [-0.25, -0.2) is 4.79 Å². The smallest absolute Gasteiger partial charge is 0.323 e. The SMILES string of the molecule is CC1CC1CNC(=O)N(CC(=O)O)c1ccccc1. The van der Waals surface area contributed by atoms with E-state index in [0.717, 1.165) is 6.42 Å². The number of nitrogens with one attached hydrogen (secondary N) is 1. The van der Waals surface area contributed by atoms with E-state index in [9.17, 15) is 9.59 Å². The van der Waals surface area contributed by atoms with Crippen molar-refractivity contribution in [3.63, 3.8) is 0 Å². The van der Waals surface area contributed by atoms with Crippen LogP contribution in [0.5, 0.6) is 0 Å². The third kappa shape index (κ3) is 3.71. The monoisotopic (exact) mass is 262 g/mol. The summed E-state index contributed by atoms with van der Waals surface area (Å²) in [7, 11) is 0. The minimum absolute atomic E-state index is 0.337. The van der Waals surface area contributed by atoms with Gasteiger partial charge in [-0.3, -0.25) is 9.69 Å². The van der Waals surface area contributed by atoms with E-state index in [1.807, 2.05) is 6.07 Å². The van der Waals surface area contributed by atoms with Crippen LogP contribution in [-0.4, -0.2) is 30.2 Å². The molecule has 0 heterocycles. The van der Waals surface area contributed by atoms with Crippen LogP contribution in [0.2, 0.25) is 0 Å². The second-order valence-electron chi connectivity index (χ2n) is 4.97. The predicted octanol–water partition coefficient (Wildman–Crippen LogP) is 1.94. The van der Waals surface area contributed by atoms with Gasteiger partial charge in [0.2, 0.25) is 0 Å². The summed E-state index contributed by atoms with van der Waals surface area (Å²) in [5.74, 6) is 0.162. The first-order chi connectivity index (χ1) is 9.08. The summed E-state index contributed by atoms with van der Waals surface area (Å²) in [6.07, 6.45) is 1.13. The summed E-state index contributed by atoms with van der Waals surface area (Å²) in [6.45, 7) is 2.42. The summed E-state index contributed by atoms with van der Waals surface area (Å²) in [6, 6.07) is 8.48. The number of carbonyl (C=O) groups excluding carboxylic acids is 1. The van der Waals surface area contributed by atoms with Crippen LogP contribution >= 0.6 is 0 Å². The van der Waals surface area contributed by atoms with Gasteiger partial charge in [0.05, 0.1) is 0 Å². The summed E-state index contributed by atoms with van der Waals surface area (Å²) in [4.78, 5) is 24.2. The molecule has 0 aromatic heterocycles. The van der Waals surface area contributed by atoms with Gasteiger partial charge in [0, 0.05) is 12.2 Å². The zero-order valence-electron chi connectivity index (χ0n) is 10.9. The molecule has 1 aliphatic carbocycles. The van der Waals surface area contributed by atoms with Crippen LogP contribution in [0.15, 0.2) is 30.3 Å². The molecule has 0 aliphatic heterocycles. The molecular weight excluding hydrogens is 244 g/mol. The molecule has 1 aliphatic rings. The molecule has 0 spiro atoms. The number of urea groups is 1. The van der Waals surface area contributed by atoms with Crippen LogP contribution in [0, 0.1) is 11.8 Å². The molecule has 1 aromatic carbocycles. The van der Waals surface area contributed by atoms with E-state index >= 15 is 0 Å². The largest absolute Gasteiger partial charge is 0.480 e. The minimum Gasteiger partial charge on any atom is -0.480 e. The maximum Gasteiger partial charge on any atom is 0.323 e. The summed E-state index contributed by atoms with van der Waals surface area (Å²) in [5.41, 5.74) is 0.589. The van der Waals surface area contributed by atoms with Crippen LogP contribution in [0.1, 0.15) is 13.3 Å². The number of hydrogen-bond acceptors (Lipinski definition) is 2. The molecular formula is C14H18N2O3. The number of aliphatic carboxylic acids is 1. The lowest BCUT2D eigenvalue weighted by molar-refractivity contribution is -0.135. The highest BCUT2D eigenvalue weighted by Gasteiger charge is 2.33. The Balaban J connectivity index is 2.00. The Morgan fingerprint density at radius 1 is 1.37 bits per heavy atom. The molecule has 1 aromatic rings. The summed E-state index contributed by atoms with van der Waals surface area (Å²) < 4.78 is 0. The second kappa shape index (κ2) is 5.73. The van der Waals surface area contributed by atoms with E-state index in [2.05, 4.69) is 12.2 Å². The Bertz CT molecular complexity index is 461. The molecule has 1 fully saturated rings. The van der Waals surface area contributed by atoms with Crippen LogP contribution in [0.3, 0.4) is 0 Å². The Morgan fingerprint density at radius 3 is 2.53 bits per heavy atom. The number of hydrogen-bond donors (Lipinski definition) is 2. The Kier molecular flexibility index (Phi) is 4.04. The van der Waals surface area contributed by atoms with Gasteiger partial charge in [0.25, 0.3) is 0 Å². The van der Waals surface area contributed by atoms with Crippen LogP contribution in [0.25, 0.3) is 0 Å². The van der Waals surface area contributed by atoms with Crippen molar-refractivity contribution in [3.05, 3.63) is 30.3 Å². The number of carboxylic acids is 1. The van der Waals surface area contributed by atoms with Gasteiger partial charge in [-0.05, 0) is 30.4 Å². The van der Waals surface area contributed by atoms with E-state index < -0.39 is 5.97 Å². The predicted molar refractivity (Wildman–Crippen MR) is 72.1 cm³/mol. The highest BCUT2D eigenvalue weighted by Crippen LogP contribution is 2.36. The quantitative estimate of drug-likeness (QED) is 0.852. The maximum atomic E-state index is 12.1. The molecule has 2 N–H and O–H groups in total. The number of benzene rings is 1. The average molecular weight is 262 g/mol. The standard InChI is InChI=1S/C14H18N2O3/c1-10-7-11(10)8-15-14(19)16(9-13(17)18)12-5-3-2-4-6-12/h2-6,10-11H,7-9H2,1H3,(H,15,19)(H,17,18). The number of amides is 2. The fourth-order valence-electron chi connectivity index (χ4n) is 2.02. The van der Waals surface area contributed by atoms with E-state index in [1.54, 1.807) is 24.3 Å². The van der Waals surface area contributed by atoms with Gasteiger partial charge in [0.15, 0.2) is 0 Å². The molecule has 5 nitrogen and oxygen atoms in total. The van der Waals surface area contributed by atoms with Crippen molar-refractivity contribution >= 4 is 17.7 Å². The van der Waals surface area contributed by atoms with E-state index in [-0.39, 0.29) is 12.6 Å². The van der Waals surface area contributed by atoms with Crippen LogP contribution in [-0.2, 0) is 4.79 Å². The van der Waals surface area contributed by atoms with Crippen molar-refractivity contribution in [1.29, 1.82) is 0 Å².